The molecule has 1 atom stereocenters. The number of nitrogens with one attached hydrogen (secondary N) is 2. The lowest BCUT2D eigenvalue weighted by Gasteiger charge is -2.19. The van der Waals surface area contributed by atoms with Crippen LogP contribution in [0.5, 0.6) is 0 Å². The van der Waals surface area contributed by atoms with Gasteiger partial charge in [0.25, 0.3) is 0 Å². The van der Waals surface area contributed by atoms with Crippen molar-refractivity contribution >= 4 is 11.8 Å². The van der Waals surface area contributed by atoms with Crippen molar-refractivity contribution in [1.82, 2.24) is 15.5 Å². The van der Waals surface area contributed by atoms with E-state index in [0.717, 1.165) is 18.6 Å². The molecule has 0 aliphatic rings. The van der Waals surface area contributed by atoms with E-state index in [1.807, 2.05) is 6.92 Å². The van der Waals surface area contributed by atoms with Gasteiger partial charge in [0.1, 0.15) is 6.04 Å². The van der Waals surface area contributed by atoms with Crippen LogP contribution in [0.4, 0.5) is 13.2 Å². The lowest BCUT2D eigenvalue weighted by atomic mass is 10.1. The Labute approximate surface area is 145 Å². The van der Waals surface area contributed by atoms with Crippen LogP contribution in [0.1, 0.15) is 31.4 Å². The molecular formula is C17H24F3N3O2. The Hall–Kier alpha value is -2.09. The van der Waals surface area contributed by atoms with E-state index in [1.54, 1.807) is 18.9 Å². The Morgan fingerprint density at radius 3 is 2.32 bits per heavy atom. The molecule has 0 saturated heterocycles. The molecule has 1 aromatic carbocycles. The van der Waals surface area contributed by atoms with E-state index in [0.29, 0.717) is 18.7 Å². The maximum absolute atomic E-state index is 12.5. The highest BCUT2D eigenvalue weighted by molar-refractivity contribution is 5.87. The Kier molecular flexibility index (Phi) is 7.89. The van der Waals surface area contributed by atoms with E-state index in [9.17, 15) is 22.8 Å². The first-order chi connectivity index (χ1) is 11.6. The highest BCUT2D eigenvalue weighted by atomic mass is 19.4. The summed E-state index contributed by atoms with van der Waals surface area (Å²) < 4.78 is 37.6. The standard InChI is InChI=1S/C17H24F3N3O2/c1-4-9-21-16(25)12(2)22-15(24)11-23(3)10-13-5-7-14(8-6-13)17(18,19)20/h5-8,12H,4,9-11H2,1-3H3,(H,21,25)(H,22,24). The third kappa shape index (κ3) is 7.55. The minimum atomic E-state index is -4.36. The van der Waals surface area contributed by atoms with E-state index >= 15 is 0 Å². The zero-order valence-electron chi connectivity index (χ0n) is 14.6. The Morgan fingerprint density at radius 1 is 1.20 bits per heavy atom. The number of amides is 2. The van der Waals surface area contributed by atoms with Gasteiger partial charge in [-0.2, -0.15) is 13.2 Å². The van der Waals surface area contributed by atoms with Gasteiger partial charge < -0.3 is 10.6 Å². The quantitative estimate of drug-likeness (QED) is 0.748. The summed E-state index contributed by atoms with van der Waals surface area (Å²) in [7, 11) is 1.68. The molecule has 1 rings (SSSR count). The number of benzene rings is 1. The van der Waals surface area contributed by atoms with Gasteiger partial charge in [0.15, 0.2) is 0 Å². The van der Waals surface area contributed by atoms with Crippen molar-refractivity contribution in [3.05, 3.63) is 35.4 Å². The number of rotatable bonds is 8. The highest BCUT2D eigenvalue weighted by Gasteiger charge is 2.29. The number of carbonyl (C=O) groups excluding carboxylic acids is 2. The molecule has 0 fully saturated rings. The summed E-state index contributed by atoms with van der Waals surface area (Å²) >= 11 is 0. The number of carbonyl (C=O) groups is 2. The molecule has 0 spiro atoms. The van der Waals surface area contributed by atoms with Gasteiger partial charge in [-0.05, 0) is 38.1 Å². The number of likely N-dealkylation sites (N-methyl/N-ethyl adjacent to an activating group) is 1. The van der Waals surface area contributed by atoms with E-state index in [2.05, 4.69) is 10.6 Å². The third-order valence-electron chi connectivity index (χ3n) is 3.47. The number of hydrogen-bond acceptors (Lipinski definition) is 3. The molecule has 25 heavy (non-hydrogen) atoms. The topological polar surface area (TPSA) is 61.4 Å². The first kappa shape index (κ1) is 21.0. The normalized spacial score (nSPS) is 12.8. The van der Waals surface area contributed by atoms with Crippen LogP contribution in [0, 0.1) is 0 Å². The predicted octanol–water partition coefficient (Wildman–Crippen LogP) is 2.17. The average Bonchev–Trinajstić information content (AvgIpc) is 2.51. The van der Waals surface area contributed by atoms with Gasteiger partial charge in [-0.15, -0.1) is 0 Å². The molecule has 0 heterocycles. The van der Waals surface area contributed by atoms with Crippen LogP contribution in [0.3, 0.4) is 0 Å². The first-order valence-electron chi connectivity index (χ1n) is 8.05. The molecule has 8 heteroatoms. The van der Waals surface area contributed by atoms with Crippen LogP contribution in [0.25, 0.3) is 0 Å². The molecule has 0 saturated carbocycles. The third-order valence-corrected chi connectivity index (χ3v) is 3.47. The molecule has 0 aliphatic heterocycles. The van der Waals surface area contributed by atoms with E-state index in [1.165, 1.54) is 12.1 Å². The summed E-state index contributed by atoms with van der Waals surface area (Å²) in [6, 6.07) is 4.17. The van der Waals surface area contributed by atoms with Crippen LogP contribution < -0.4 is 10.6 Å². The minimum Gasteiger partial charge on any atom is -0.354 e. The van der Waals surface area contributed by atoms with Crippen LogP contribution in [0.2, 0.25) is 0 Å². The Balaban J connectivity index is 2.46. The highest BCUT2D eigenvalue weighted by Crippen LogP contribution is 2.29. The molecule has 0 aromatic heterocycles. The zero-order chi connectivity index (χ0) is 19.0. The summed E-state index contributed by atoms with van der Waals surface area (Å²) in [5.41, 5.74) is -0.0411. The fourth-order valence-corrected chi connectivity index (χ4v) is 2.17. The summed E-state index contributed by atoms with van der Waals surface area (Å²) in [6.45, 7) is 4.43. The molecular weight excluding hydrogens is 335 g/mol. The fourth-order valence-electron chi connectivity index (χ4n) is 2.17. The molecule has 0 bridgehead atoms. The lowest BCUT2D eigenvalue weighted by Crippen LogP contribution is -2.47. The SMILES string of the molecule is CCCNC(=O)C(C)NC(=O)CN(C)Cc1ccc(C(F)(F)F)cc1. The number of halogens is 3. The average molecular weight is 359 g/mol. The molecule has 0 radical (unpaired) electrons. The molecule has 0 aliphatic carbocycles. The van der Waals surface area contributed by atoms with E-state index in [-0.39, 0.29) is 18.4 Å². The van der Waals surface area contributed by atoms with Crippen molar-refractivity contribution in [2.24, 2.45) is 0 Å². The second-order valence-electron chi connectivity index (χ2n) is 5.95. The maximum atomic E-state index is 12.5. The van der Waals surface area contributed by atoms with E-state index < -0.39 is 17.8 Å². The van der Waals surface area contributed by atoms with Gasteiger partial charge >= 0.3 is 6.18 Å². The van der Waals surface area contributed by atoms with Crippen LogP contribution in [-0.4, -0.2) is 42.9 Å². The van der Waals surface area contributed by atoms with E-state index in [4.69, 9.17) is 0 Å². The second-order valence-corrected chi connectivity index (χ2v) is 5.95. The van der Waals surface area contributed by atoms with Crippen LogP contribution >= 0.6 is 0 Å². The van der Waals surface area contributed by atoms with Crippen molar-refractivity contribution in [1.29, 1.82) is 0 Å². The Bertz CT molecular complexity index is 573. The van der Waals surface area contributed by atoms with Crippen molar-refractivity contribution in [2.75, 3.05) is 20.1 Å². The molecule has 1 aromatic rings. The first-order valence-corrected chi connectivity index (χ1v) is 8.05. The number of nitrogens with zero attached hydrogens (tertiary/aromatic N) is 1. The molecule has 5 nitrogen and oxygen atoms in total. The summed E-state index contributed by atoms with van der Waals surface area (Å²) in [6.07, 6.45) is -3.55. The summed E-state index contributed by atoms with van der Waals surface area (Å²) in [4.78, 5) is 25.3. The van der Waals surface area contributed by atoms with Crippen molar-refractivity contribution in [3.8, 4) is 0 Å². The zero-order valence-corrected chi connectivity index (χ0v) is 14.6. The van der Waals surface area contributed by atoms with Crippen LogP contribution in [0.15, 0.2) is 24.3 Å². The van der Waals surface area contributed by atoms with Crippen molar-refractivity contribution in [2.45, 2.75) is 39.0 Å². The Morgan fingerprint density at radius 2 is 1.80 bits per heavy atom. The largest absolute Gasteiger partial charge is 0.416 e. The summed E-state index contributed by atoms with van der Waals surface area (Å²) in [5, 5.41) is 5.28. The predicted molar refractivity (Wildman–Crippen MR) is 88.7 cm³/mol. The van der Waals surface area contributed by atoms with Gasteiger partial charge in [0, 0.05) is 13.1 Å². The smallest absolute Gasteiger partial charge is 0.354 e. The minimum absolute atomic E-state index is 0.0341. The number of hydrogen-bond donors (Lipinski definition) is 2. The van der Waals surface area contributed by atoms with Gasteiger partial charge in [-0.3, -0.25) is 14.5 Å². The maximum Gasteiger partial charge on any atom is 0.416 e. The lowest BCUT2D eigenvalue weighted by molar-refractivity contribution is -0.137. The molecule has 140 valence electrons. The van der Waals surface area contributed by atoms with Gasteiger partial charge in [0.05, 0.1) is 12.1 Å². The monoisotopic (exact) mass is 359 g/mol. The summed E-state index contributed by atoms with van der Waals surface area (Å²) in [5.74, 6) is -0.575. The van der Waals surface area contributed by atoms with Crippen LogP contribution in [-0.2, 0) is 22.3 Å². The van der Waals surface area contributed by atoms with Gasteiger partial charge in [-0.25, -0.2) is 0 Å². The second kappa shape index (κ2) is 9.41. The van der Waals surface area contributed by atoms with Gasteiger partial charge in [0.2, 0.25) is 11.8 Å². The van der Waals surface area contributed by atoms with Crippen molar-refractivity contribution < 1.29 is 22.8 Å². The van der Waals surface area contributed by atoms with Crippen molar-refractivity contribution in [3.63, 3.8) is 0 Å². The molecule has 2 amide bonds. The molecule has 1 unspecified atom stereocenters. The fraction of sp³-hybridized carbons (Fsp3) is 0.529. The van der Waals surface area contributed by atoms with Gasteiger partial charge in [-0.1, -0.05) is 19.1 Å². The number of alkyl halides is 3. The molecule has 2 N–H and O–H groups in total.